The van der Waals surface area contributed by atoms with Crippen LogP contribution in [0.3, 0.4) is 0 Å². The van der Waals surface area contributed by atoms with Gasteiger partial charge in [0.25, 0.3) is 0 Å². The van der Waals surface area contributed by atoms with Gasteiger partial charge in [-0.2, -0.15) is 0 Å². The van der Waals surface area contributed by atoms with Gasteiger partial charge in [-0.25, -0.2) is 13.0 Å². The van der Waals surface area contributed by atoms with E-state index in [1.54, 1.807) is 28.8 Å². The maximum absolute atomic E-state index is 11.5. The van der Waals surface area contributed by atoms with Crippen molar-refractivity contribution in [1.82, 2.24) is 0 Å². The van der Waals surface area contributed by atoms with Crippen molar-refractivity contribution in [3.63, 3.8) is 0 Å². The largest absolute Gasteiger partial charge is 0.744 e. The summed E-state index contributed by atoms with van der Waals surface area (Å²) in [7, 11) is -0.589. The number of hydrogen-bond donors (Lipinski definition) is 0. The van der Waals surface area contributed by atoms with Crippen molar-refractivity contribution < 1.29 is 27.1 Å². The monoisotopic (exact) mass is 363 g/mol. The second kappa shape index (κ2) is 9.71. The fourth-order valence-electron chi connectivity index (χ4n) is 1.67. The number of hydrogen-bond acceptors (Lipinski definition) is 5. The molecule has 0 bridgehead atoms. The lowest BCUT2D eigenvalue weighted by molar-refractivity contribution is -0.468. The zero-order valence-electron chi connectivity index (χ0n) is 14.4. The molecule has 2 rings (SSSR count). The molecule has 0 aliphatic heterocycles. The predicted octanol–water partition coefficient (Wildman–Crippen LogP) is 2.09. The number of rotatable bonds is 5. The van der Waals surface area contributed by atoms with Crippen molar-refractivity contribution in [3.8, 4) is 0 Å². The Balaban J connectivity index is 0.000000257. The van der Waals surface area contributed by atoms with E-state index in [2.05, 4.69) is 0 Å². The Kier molecular flexibility index (Phi) is 7.97. The van der Waals surface area contributed by atoms with Crippen LogP contribution in [-0.2, 0) is 14.9 Å². The molecule has 134 valence electrons. The summed E-state index contributed by atoms with van der Waals surface area (Å²) >= 11 is 0. The summed E-state index contributed by atoms with van der Waals surface area (Å²) in [5, 5.41) is 0. The fourth-order valence-corrected chi connectivity index (χ4v) is 2.14. The van der Waals surface area contributed by atoms with E-state index in [1.807, 2.05) is 39.2 Å². The molecule has 0 N–H and O–H groups in total. The molecule has 0 aromatic heterocycles. The third-order valence-electron chi connectivity index (χ3n) is 2.91. The summed E-state index contributed by atoms with van der Waals surface area (Å²) in [4.78, 5) is 11.3. The number of ether oxygens (including phenoxy) is 1. The van der Waals surface area contributed by atoms with Crippen LogP contribution in [0.5, 0.6) is 0 Å². The van der Waals surface area contributed by atoms with Crippen LogP contribution in [0.15, 0.2) is 59.5 Å². The molecule has 2 aromatic carbocycles. The first kappa shape index (κ1) is 20.5. The maximum atomic E-state index is 11.5. The second-order valence-electron chi connectivity index (χ2n) is 5.44. The zero-order valence-corrected chi connectivity index (χ0v) is 15.2. The van der Waals surface area contributed by atoms with Gasteiger partial charge in [0.05, 0.1) is 4.90 Å². The quantitative estimate of drug-likeness (QED) is 0.267. The number of benzene rings is 2. The summed E-state index contributed by atoms with van der Waals surface area (Å²) in [6.45, 7) is 1.91. The van der Waals surface area contributed by atoms with E-state index in [-0.39, 0.29) is 17.3 Å². The lowest BCUT2D eigenvalue weighted by Gasteiger charge is -2.05. The topological polar surface area (TPSA) is 86.5 Å². The van der Waals surface area contributed by atoms with Crippen LogP contribution in [0.1, 0.15) is 15.9 Å². The fraction of sp³-hybridized carbons (Fsp3) is 0.222. The number of carbonyl (C=O) groups excluding carboxylic acids is 1. The van der Waals surface area contributed by atoms with Gasteiger partial charge in [-0.1, -0.05) is 48.0 Å². The van der Waals surface area contributed by atoms with Gasteiger partial charge in [-0.05, 0) is 19.1 Å². The Morgan fingerprint density at radius 3 is 2.12 bits per heavy atom. The van der Waals surface area contributed by atoms with Gasteiger partial charge >= 0.3 is 6.40 Å². The minimum atomic E-state index is -4.27. The normalized spacial score (nSPS) is 10.2. The summed E-state index contributed by atoms with van der Waals surface area (Å²) in [6, 6.07) is 14.9. The van der Waals surface area contributed by atoms with Crippen LogP contribution in [0.25, 0.3) is 0 Å². The van der Waals surface area contributed by atoms with Crippen LogP contribution in [-0.4, -0.2) is 50.4 Å². The molecule has 6 nitrogen and oxygen atoms in total. The predicted molar refractivity (Wildman–Crippen MR) is 94.0 cm³/mol. The van der Waals surface area contributed by atoms with Gasteiger partial charge in [-0.15, -0.1) is 0 Å². The van der Waals surface area contributed by atoms with Crippen molar-refractivity contribution in [2.45, 2.75) is 11.8 Å². The average Bonchev–Trinajstić information content (AvgIpc) is 2.55. The molecule has 0 amide bonds. The number of carbonyl (C=O) groups is 1. The number of Topliss-reactive ketones (excluding diaryl/α,β-unsaturated/α-hetero) is 1. The summed E-state index contributed by atoms with van der Waals surface area (Å²) in [5.41, 5.74) is 1.61. The smallest absolute Gasteiger partial charge is 0.323 e. The minimum Gasteiger partial charge on any atom is -0.744 e. The first-order chi connectivity index (χ1) is 11.7. The second-order valence-corrected chi connectivity index (χ2v) is 6.82. The van der Waals surface area contributed by atoms with Crippen LogP contribution < -0.4 is 0 Å². The molecule has 0 spiro atoms. The van der Waals surface area contributed by atoms with E-state index in [1.165, 1.54) is 18.5 Å². The molecule has 25 heavy (non-hydrogen) atoms. The molecule has 0 fully saturated rings. The average molecular weight is 363 g/mol. The van der Waals surface area contributed by atoms with Crippen molar-refractivity contribution >= 4 is 22.3 Å². The Hall–Kier alpha value is -2.51. The molecule has 0 atom stereocenters. The van der Waals surface area contributed by atoms with Crippen molar-refractivity contribution in [3.05, 3.63) is 65.7 Å². The van der Waals surface area contributed by atoms with Gasteiger partial charge < -0.3 is 9.29 Å². The highest BCUT2D eigenvalue weighted by molar-refractivity contribution is 7.85. The molecule has 0 saturated heterocycles. The summed E-state index contributed by atoms with van der Waals surface area (Å²) in [6.07, 6.45) is 1.51. The molecule has 0 aliphatic carbocycles. The molecule has 7 heteroatoms. The van der Waals surface area contributed by atoms with Crippen molar-refractivity contribution in [2.24, 2.45) is 0 Å². The zero-order chi connectivity index (χ0) is 18.9. The van der Waals surface area contributed by atoms with Crippen molar-refractivity contribution in [2.75, 3.05) is 20.7 Å². The van der Waals surface area contributed by atoms with Crippen LogP contribution in [0.4, 0.5) is 0 Å². The van der Waals surface area contributed by atoms with Gasteiger partial charge in [0.15, 0.2) is 12.4 Å². The summed E-state index contributed by atoms with van der Waals surface area (Å²) < 4.78 is 38.0. The number of aryl methyl sites for hydroxylation is 1. The van der Waals surface area contributed by atoms with Crippen LogP contribution in [0, 0.1) is 6.92 Å². The molecule has 2 aromatic rings. The van der Waals surface area contributed by atoms with E-state index < -0.39 is 10.1 Å². The highest BCUT2D eigenvalue weighted by atomic mass is 32.2. The van der Waals surface area contributed by atoms with Crippen LogP contribution in [0.2, 0.25) is 0 Å². The van der Waals surface area contributed by atoms with Crippen molar-refractivity contribution in [1.29, 1.82) is 0 Å². The van der Waals surface area contributed by atoms with E-state index in [4.69, 9.17) is 4.74 Å². The number of ketones is 1. The standard InChI is InChI=1S/C11H14NO2.C7H8O3S/c1-12(2)9-14-8-11(13)10-6-4-3-5-7-10;1-6-2-4-7(5-3-6)11(8,9)10/h3-7,9H,8H2,1-2H3;2-5H,1H3,(H,8,9,10)/q+1;/p-1. The molecule has 0 heterocycles. The van der Waals surface area contributed by atoms with Gasteiger partial charge in [0.1, 0.15) is 24.2 Å². The molecule has 0 saturated carbocycles. The first-order valence-corrected chi connectivity index (χ1v) is 8.83. The first-order valence-electron chi connectivity index (χ1n) is 7.42. The Morgan fingerprint density at radius 1 is 1.08 bits per heavy atom. The lowest BCUT2D eigenvalue weighted by atomic mass is 10.1. The molecule has 0 radical (unpaired) electrons. The van der Waals surface area contributed by atoms with E-state index in [0.29, 0.717) is 5.56 Å². The van der Waals surface area contributed by atoms with Crippen LogP contribution >= 0.6 is 0 Å². The third-order valence-corrected chi connectivity index (χ3v) is 3.75. The van der Waals surface area contributed by atoms with Gasteiger partial charge in [-0.3, -0.25) is 4.79 Å². The Bertz CT molecular complexity index is 808. The highest BCUT2D eigenvalue weighted by Crippen LogP contribution is 2.08. The molecule has 0 unspecified atom stereocenters. The lowest BCUT2D eigenvalue weighted by Crippen LogP contribution is -2.11. The SMILES string of the molecule is C[N+](C)=COCC(=O)c1ccccc1.Cc1ccc(S(=O)(=O)[O-])cc1. The highest BCUT2D eigenvalue weighted by Gasteiger charge is 2.04. The summed E-state index contributed by atoms with van der Waals surface area (Å²) in [5.74, 6) is -0.0105. The molecular weight excluding hydrogens is 342 g/mol. The molecular formula is C18H21NO5S. The van der Waals surface area contributed by atoms with E-state index in [0.717, 1.165) is 5.56 Å². The van der Waals surface area contributed by atoms with Gasteiger partial charge in [0, 0.05) is 5.56 Å². The van der Waals surface area contributed by atoms with Gasteiger partial charge in [0.2, 0.25) is 0 Å². The third kappa shape index (κ3) is 8.23. The Labute approximate surface area is 148 Å². The number of nitrogens with zero attached hydrogens (tertiary/aromatic N) is 1. The van der Waals surface area contributed by atoms with E-state index in [9.17, 15) is 17.8 Å². The maximum Gasteiger partial charge on any atom is 0.323 e. The molecule has 0 aliphatic rings. The minimum absolute atomic E-state index is 0.0105. The Morgan fingerprint density at radius 2 is 1.64 bits per heavy atom. The van der Waals surface area contributed by atoms with E-state index >= 15 is 0 Å².